The first kappa shape index (κ1) is 21.8. The molecule has 0 aliphatic rings. The molecule has 0 fully saturated rings. The van der Waals surface area contributed by atoms with E-state index in [1.54, 1.807) is 18.2 Å². The molecule has 0 spiro atoms. The van der Waals surface area contributed by atoms with Crippen molar-refractivity contribution < 1.29 is 19.2 Å². The third-order valence-electron chi connectivity index (χ3n) is 5.34. The average Bonchev–Trinajstić information content (AvgIpc) is 2.83. The van der Waals surface area contributed by atoms with E-state index in [4.69, 9.17) is 9.72 Å². The zero-order valence-corrected chi connectivity index (χ0v) is 18.1. The van der Waals surface area contributed by atoms with Gasteiger partial charge in [0, 0.05) is 28.6 Å². The number of aryl methyl sites for hydroxylation is 2. The highest BCUT2D eigenvalue weighted by atomic mass is 16.6. The molecule has 0 bridgehead atoms. The van der Waals surface area contributed by atoms with Gasteiger partial charge in [0.25, 0.3) is 5.69 Å². The highest BCUT2D eigenvalue weighted by molar-refractivity contribution is 6.06. The average molecular weight is 440 g/mol. The van der Waals surface area contributed by atoms with Crippen molar-refractivity contribution in [3.63, 3.8) is 0 Å². The third kappa shape index (κ3) is 4.62. The number of hydrogen-bond donors (Lipinski definition) is 0. The minimum Gasteiger partial charge on any atom is -0.454 e. The number of nitrogens with zero attached hydrogens (tertiary/aromatic N) is 2. The normalized spacial score (nSPS) is 10.7. The fraction of sp³-hybridized carbons (Fsp3) is 0.115. The lowest BCUT2D eigenvalue weighted by molar-refractivity contribution is -0.384. The second-order valence-electron chi connectivity index (χ2n) is 7.69. The summed E-state index contributed by atoms with van der Waals surface area (Å²) in [6.07, 6.45) is 0. The van der Waals surface area contributed by atoms with Gasteiger partial charge in [-0.15, -0.1) is 0 Å². The number of esters is 1. The lowest BCUT2D eigenvalue weighted by Crippen LogP contribution is -2.15. The van der Waals surface area contributed by atoms with Gasteiger partial charge in [-0.1, -0.05) is 35.9 Å². The van der Waals surface area contributed by atoms with Gasteiger partial charge in [0.15, 0.2) is 12.4 Å². The lowest BCUT2D eigenvalue weighted by atomic mass is 9.99. The van der Waals surface area contributed by atoms with Crippen molar-refractivity contribution in [1.29, 1.82) is 0 Å². The molecule has 0 unspecified atom stereocenters. The predicted molar refractivity (Wildman–Crippen MR) is 124 cm³/mol. The van der Waals surface area contributed by atoms with Gasteiger partial charge in [0.05, 0.1) is 21.7 Å². The lowest BCUT2D eigenvalue weighted by Gasteiger charge is -2.12. The summed E-state index contributed by atoms with van der Waals surface area (Å²) in [6.45, 7) is 3.49. The van der Waals surface area contributed by atoms with Gasteiger partial charge >= 0.3 is 5.97 Å². The van der Waals surface area contributed by atoms with Crippen molar-refractivity contribution in [2.75, 3.05) is 6.61 Å². The molecule has 164 valence electrons. The molecule has 1 heterocycles. The van der Waals surface area contributed by atoms with Crippen molar-refractivity contribution in [3.05, 3.63) is 105 Å². The zero-order valence-electron chi connectivity index (χ0n) is 18.1. The van der Waals surface area contributed by atoms with Crippen molar-refractivity contribution in [2.45, 2.75) is 13.8 Å². The van der Waals surface area contributed by atoms with Crippen LogP contribution in [0.4, 0.5) is 5.69 Å². The summed E-state index contributed by atoms with van der Waals surface area (Å²) in [5.41, 5.74) is 4.71. The number of benzene rings is 3. The van der Waals surface area contributed by atoms with Crippen LogP contribution >= 0.6 is 0 Å². The Balaban J connectivity index is 1.63. The number of nitro groups is 1. The van der Waals surface area contributed by atoms with Crippen LogP contribution in [0.3, 0.4) is 0 Å². The molecule has 0 radical (unpaired) electrons. The molecule has 0 aliphatic heterocycles. The Morgan fingerprint density at radius 3 is 2.42 bits per heavy atom. The summed E-state index contributed by atoms with van der Waals surface area (Å²) < 4.78 is 5.32. The first-order chi connectivity index (χ1) is 15.8. The van der Waals surface area contributed by atoms with Gasteiger partial charge in [-0.05, 0) is 49.7 Å². The molecule has 0 amide bonds. The van der Waals surface area contributed by atoms with Crippen LogP contribution in [-0.2, 0) is 4.74 Å². The molecule has 3 aromatic carbocycles. The molecule has 1 aromatic heterocycles. The van der Waals surface area contributed by atoms with E-state index in [9.17, 15) is 19.7 Å². The highest BCUT2D eigenvalue weighted by Gasteiger charge is 2.18. The Morgan fingerprint density at radius 1 is 0.970 bits per heavy atom. The Morgan fingerprint density at radius 2 is 1.70 bits per heavy atom. The second kappa shape index (κ2) is 9.00. The maximum atomic E-state index is 13.0. The fourth-order valence-electron chi connectivity index (χ4n) is 3.56. The molecule has 4 rings (SSSR count). The largest absolute Gasteiger partial charge is 0.454 e. The van der Waals surface area contributed by atoms with Gasteiger partial charge in [0.1, 0.15) is 0 Å². The van der Waals surface area contributed by atoms with Crippen molar-refractivity contribution in [1.82, 2.24) is 4.98 Å². The summed E-state index contributed by atoms with van der Waals surface area (Å²) in [6, 6.07) is 20.1. The van der Waals surface area contributed by atoms with Gasteiger partial charge < -0.3 is 4.74 Å². The number of fused-ring (bicyclic) bond motifs is 1. The van der Waals surface area contributed by atoms with E-state index in [2.05, 4.69) is 0 Å². The SMILES string of the molecule is Cc1ccc(C)c(-c2cc(C(=O)OCC(=O)c3ccc([N+](=O)[O-])cc3)c3ccccc3n2)c1. The molecule has 0 saturated heterocycles. The number of Topliss-reactive ketones (excluding diaryl/α,β-unsaturated/α-hetero) is 1. The van der Waals surface area contributed by atoms with E-state index in [1.807, 2.05) is 44.2 Å². The third-order valence-corrected chi connectivity index (χ3v) is 5.34. The van der Waals surface area contributed by atoms with E-state index < -0.39 is 23.3 Å². The number of aromatic nitrogens is 1. The van der Waals surface area contributed by atoms with Crippen LogP contribution < -0.4 is 0 Å². The number of rotatable bonds is 6. The number of para-hydroxylation sites is 1. The summed E-state index contributed by atoms with van der Waals surface area (Å²) >= 11 is 0. The number of ketones is 1. The molecule has 0 aliphatic carbocycles. The first-order valence-electron chi connectivity index (χ1n) is 10.3. The van der Waals surface area contributed by atoms with Gasteiger partial charge in [-0.3, -0.25) is 14.9 Å². The minimum absolute atomic E-state index is 0.120. The summed E-state index contributed by atoms with van der Waals surface area (Å²) in [5.74, 6) is -1.10. The van der Waals surface area contributed by atoms with Gasteiger partial charge in [0.2, 0.25) is 0 Å². The number of non-ortho nitro benzene ring substituents is 1. The van der Waals surface area contributed by atoms with Crippen LogP contribution in [0.25, 0.3) is 22.2 Å². The van der Waals surface area contributed by atoms with E-state index in [0.717, 1.165) is 16.7 Å². The van der Waals surface area contributed by atoms with Gasteiger partial charge in [-0.25, -0.2) is 9.78 Å². The molecular weight excluding hydrogens is 420 g/mol. The smallest absolute Gasteiger partial charge is 0.339 e. The van der Waals surface area contributed by atoms with E-state index in [1.165, 1.54) is 24.3 Å². The summed E-state index contributed by atoms with van der Waals surface area (Å²) in [7, 11) is 0. The Hall–Kier alpha value is -4.39. The molecule has 7 nitrogen and oxygen atoms in total. The number of hydrogen-bond acceptors (Lipinski definition) is 6. The second-order valence-corrected chi connectivity index (χ2v) is 7.69. The number of ether oxygens (including phenoxy) is 1. The Bertz CT molecular complexity index is 1390. The van der Waals surface area contributed by atoms with E-state index in [0.29, 0.717) is 22.2 Å². The van der Waals surface area contributed by atoms with Crippen LogP contribution in [-0.4, -0.2) is 28.3 Å². The predicted octanol–water partition coefficient (Wildman–Crippen LogP) is 5.47. The first-order valence-corrected chi connectivity index (χ1v) is 10.3. The summed E-state index contributed by atoms with van der Waals surface area (Å²) in [5, 5.41) is 11.4. The number of carbonyl (C=O) groups is 2. The van der Waals surface area contributed by atoms with E-state index in [-0.39, 0.29) is 11.3 Å². The fourth-order valence-corrected chi connectivity index (χ4v) is 3.56. The maximum Gasteiger partial charge on any atom is 0.339 e. The Labute approximate surface area is 189 Å². The topological polar surface area (TPSA) is 99.4 Å². The van der Waals surface area contributed by atoms with Crippen LogP contribution in [0.5, 0.6) is 0 Å². The molecule has 33 heavy (non-hydrogen) atoms. The number of pyridine rings is 1. The van der Waals surface area contributed by atoms with Crippen LogP contribution in [0.2, 0.25) is 0 Å². The number of carbonyl (C=O) groups excluding carboxylic acids is 2. The molecular formula is C26H20N2O5. The standard InChI is InChI=1S/C26H20N2O5/c1-16-7-8-17(2)21(13-16)24-14-22(20-5-3-4-6-23(20)27-24)26(30)33-15-25(29)18-9-11-19(12-10-18)28(31)32/h3-14H,15H2,1-2H3. The molecule has 0 saturated carbocycles. The molecule has 0 N–H and O–H groups in total. The van der Waals surface area contributed by atoms with Crippen molar-refractivity contribution in [3.8, 4) is 11.3 Å². The van der Waals surface area contributed by atoms with E-state index >= 15 is 0 Å². The van der Waals surface area contributed by atoms with Gasteiger partial charge in [-0.2, -0.15) is 0 Å². The highest BCUT2D eigenvalue weighted by Crippen LogP contribution is 2.28. The maximum absolute atomic E-state index is 13.0. The van der Waals surface area contributed by atoms with Crippen LogP contribution in [0.1, 0.15) is 31.8 Å². The monoisotopic (exact) mass is 440 g/mol. The minimum atomic E-state index is -0.643. The molecule has 7 heteroatoms. The van der Waals surface area contributed by atoms with Crippen LogP contribution in [0, 0.1) is 24.0 Å². The Kier molecular flexibility index (Phi) is 5.95. The molecule has 4 aromatic rings. The zero-order chi connectivity index (χ0) is 23.5. The number of nitro benzene ring substituents is 1. The van der Waals surface area contributed by atoms with Crippen molar-refractivity contribution >= 4 is 28.3 Å². The summed E-state index contributed by atoms with van der Waals surface area (Å²) in [4.78, 5) is 40.4. The van der Waals surface area contributed by atoms with Crippen molar-refractivity contribution in [2.24, 2.45) is 0 Å². The molecule has 0 atom stereocenters. The van der Waals surface area contributed by atoms with Crippen LogP contribution in [0.15, 0.2) is 72.8 Å². The quantitative estimate of drug-likeness (QED) is 0.171.